The van der Waals surface area contributed by atoms with E-state index in [4.69, 9.17) is 0 Å². The number of nitrogens with zero attached hydrogens (tertiary/aromatic N) is 2. The first-order chi connectivity index (χ1) is 12.8. The van der Waals surface area contributed by atoms with E-state index in [0.29, 0.717) is 6.42 Å². The Morgan fingerprint density at radius 1 is 1.12 bits per heavy atom. The maximum absolute atomic E-state index is 12.1. The molecular weight excluding hydrogens is 342 g/mol. The molecule has 132 valence electrons. The van der Waals surface area contributed by atoms with Crippen molar-refractivity contribution in [3.05, 3.63) is 66.4 Å². The Bertz CT molecular complexity index is 866. The van der Waals surface area contributed by atoms with Gasteiger partial charge in [-0.25, -0.2) is 4.98 Å². The highest BCUT2D eigenvalue weighted by Crippen LogP contribution is 2.29. The summed E-state index contributed by atoms with van der Waals surface area (Å²) in [5.74, 6) is 1.17. The van der Waals surface area contributed by atoms with Gasteiger partial charge in [-0.3, -0.25) is 4.79 Å². The van der Waals surface area contributed by atoms with Gasteiger partial charge in [0, 0.05) is 36.2 Å². The number of imidazole rings is 1. The molecule has 4 rings (SSSR count). The Labute approximate surface area is 157 Å². The average Bonchev–Trinajstić information content (AvgIpc) is 3.25. The molecule has 1 N–H and O–H groups in total. The molecule has 2 aromatic carbocycles. The predicted molar refractivity (Wildman–Crippen MR) is 106 cm³/mol. The van der Waals surface area contributed by atoms with E-state index in [-0.39, 0.29) is 5.91 Å². The minimum Gasteiger partial charge on any atom is -0.326 e. The molecule has 0 atom stereocenters. The van der Waals surface area contributed by atoms with Gasteiger partial charge in [0.25, 0.3) is 0 Å². The highest BCUT2D eigenvalue weighted by molar-refractivity contribution is 7.99. The SMILES string of the molecule is O=C(CCCc1ccccc1)Nc1ccc(-c2cn3c(n2)SCC3)cc1. The number of anilines is 1. The van der Waals surface area contributed by atoms with Crippen molar-refractivity contribution in [2.75, 3.05) is 11.1 Å². The standard InChI is InChI=1S/C21H21N3OS/c25-20(8-4-7-16-5-2-1-3-6-16)22-18-11-9-17(10-12-18)19-15-24-13-14-26-21(24)23-19/h1-3,5-6,9-12,15H,4,7-8,13-14H2,(H,22,25). The highest BCUT2D eigenvalue weighted by atomic mass is 32.2. The van der Waals surface area contributed by atoms with Gasteiger partial charge in [-0.15, -0.1) is 0 Å². The molecule has 2 heterocycles. The summed E-state index contributed by atoms with van der Waals surface area (Å²) in [6.45, 7) is 1.03. The minimum absolute atomic E-state index is 0.0612. The predicted octanol–water partition coefficient (Wildman–Crippen LogP) is 4.62. The third-order valence-corrected chi connectivity index (χ3v) is 5.45. The first-order valence-electron chi connectivity index (χ1n) is 8.92. The van der Waals surface area contributed by atoms with Crippen LogP contribution in [0, 0.1) is 0 Å². The summed E-state index contributed by atoms with van der Waals surface area (Å²) in [7, 11) is 0. The van der Waals surface area contributed by atoms with Crippen molar-refractivity contribution in [3.8, 4) is 11.3 Å². The van der Waals surface area contributed by atoms with E-state index in [1.165, 1.54) is 5.56 Å². The number of fused-ring (bicyclic) bond motifs is 1. The molecule has 0 spiro atoms. The van der Waals surface area contributed by atoms with Crippen LogP contribution in [0.15, 0.2) is 66.0 Å². The highest BCUT2D eigenvalue weighted by Gasteiger charge is 2.15. The fraction of sp³-hybridized carbons (Fsp3) is 0.238. The number of hydrogen-bond acceptors (Lipinski definition) is 3. The maximum atomic E-state index is 12.1. The van der Waals surface area contributed by atoms with Gasteiger partial charge in [0.05, 0.1) is 5.69 Å². The lowest BCUT2D eigenvalue weighted by atomic mass is 10.1. The Morgan fingerprint density at radius 3 is 2.69 bits per heavy atom. The Balaban J connectivity index is 1.30. The second-order valence-corrected chi connectivity index (χ2v) is 7.48. The van der Waals surface area contributed by atoms with Gasteiger partial charge in [-0.05, 0) is 30.5 Å². The molecule has 4 nitrogen and oxygen atoms in total. The van der Waals surface area contributed by atoms with Crippen LogP contribution in [-0.4, -0.2) is 21.2 Å². The number of aryl methyl sites for hydroxylation is 2. The van der Waals surface area contributed by atoms with Crippen molar-refractivity contribution in [2.24, 2.45) is 0 Å². The summed E-state index contributed by atoms with van der Waals surface area (Å²) in [5, 5.41) is 4.07. The van der Waals surface area contributed by atoms with Gasteiger partial charge in [-0.1, -0.05) is 54.2 Å². The van der Waals surface area contributed by atoms with E-state index in [2.05, 4.69) is 33.2 Å². The second kappa shape index (κ2) is 7.79. The lowest BCUT2D eigenvalue weighted by Crippen LogP contribution is -2.11. The van der Waals surface area contributed by atoms with E-state index >= 15 is 0 Å². The molecule has 0 saturated carbocycles. The fourth-order valence-corrected chi connectivity index (χ4v) is 4.04. The van der Waals surface area contributed by atoms with Crippen molar-refractivity contribution < 1.29 is 4.79 Å². The van der Waals surface area contributed by atoms with Gasteiger partial charge in [-0.2, -0.15) is 0 Å². The maximum Gasteiger partial charge on any atom is 0.224 e. The summed E-state index contributed by atoms with van der Waals surface area (Å²) in [6.07, 6.45) is 4.41. The number of thioether (sulfide) groups is 1. The molecule has 1 aliphatic rings. The lowest BCUT2D eigenvalue weighted by molar-refractivity contribution is -0.116. The van der Waals surface area contributed by atoms with Gasteiger partial charge in [0.2, 0.25) is 5.91 Å². The van der Waals surface area contributed by atoms with Gasteiger partial charge >= 0.3 is 0 Å². The number of nitrogens with one attached hydrogen (secondary N) is 1. The van der Waals surface area contributed by atoms with Crippen molar-refractivity contribution in [2.45, 2.75) is 31.0 Å². The average molecular weight is 363 g/mol. The van der Waals surface area contributed by atoms with Gasteiger partial charge in [0.15, 0.2) is 5.16 Å². The van der Waals surface area contributed by atoms with E-state index in [0.717, 1.165) is 47.2 Å². The van der Waals surface area contributed by atoms with E-state index in [1.54, 1.807) is 11.8 Å². The summed E-state index contributed by atoms with van der Waals surface area (Å²) in [6, 6.07) is 18.2. The smallest absolute Gasteiger partial charge is 0.224 e. The van der Waals surface area contributed by atoms with Crippen molar-refractivity contribution >= 4 is 23.4 Å². The van der Waals surface area contributed by atoms with Crippen LogP contribution in [0.4, 0.5) is 5.69 Å². The summed E-state index contributed by atoms with van der Waals surface area (Å²) < 4.78 is 2.20. The first-order valence-corrected chi connectivity index (χ1v) is 9.91. The van der Waals surface area contributed by atoms with Crippen LogP contribution < -0.4 is 5.32 Å². The Hall–Kier alpha value is -2.53. The van der Waals surface area contributed by atoms with Crippen LogP contribution in [-0.2, 0) is 17.8 Å². The van der Waals surface area contributed by atoms with Crippen LogP contribution in [0.5, 0.6) is 0 Å². The number of carbonyl (C=O) groups excluding carboxylic acids is 1. The van der Waals surface area contributed by atoms with E-state index in [1.807, 2.05) is 42.5 Å². The van der Waals surface area contributed by atoms with Crippen LogP contribution in [0.3, 0.4) is 0 Å². The summed E-state index contributed by atoms with van der Waals surface area (Å²) >= 11 is 1.80. The van der Waals surface area contributed by atoms with E-state index in [9.17, 15) is 4.79 Å². The second-order valence-electron chi connectivity index (χ2n) is 6.42. The van der Waals surface area contributed by atoms with Crippen molar-refractivity contribution in [3.63, 3.8) is 0 Å². The molecule has 3 aromatic rings. The molecule has 0 radical (unpaired) electrons. The molecule has 0 unspecified atom stereocenters. The normalized spacial score (nSPS) is 12.8. The molecule has 26 heavy (non-hydrogen) atoms. The Morgan fingerprint density at radius 2 is 1.92 bits per heavy atom. The largest absolute Gasteiger partial charge is 0.326 e. The Kier molecular flexibility index (Phi) is 5.07. The molecule has 0 fully saturated rings. The minimum atomic E-state index is 0.0612. The van der Waals surface area contributed by atoms with Crippen molar-refractivity contribution in [1.82, 2.24) is 9.55 Å². The number of carbonyl (C=O) groups is 1. The van der Waals surface area contributed by atoms with Crippen LogP contribution >= 0.6 is 11.8 Å². The van der Waals surface area contributed by atoms with Crippen LogP contribution in [0.1, 0.15) is 18.4 Å². The van der Waals surface area contributed by atoms with Crippen LogP contribution in [0.2, 0.25) is 0 Å². The zero-order valence-corrected chi connectivity index (χ0v) is 15.3. The third-order valence-electron chi connectivity index (χ3n) is 4.48. The summed E-state index contributed by atoms with van der Waals surface area (Å²) in [4.78, 5) is 16.8. The molecule has 0 bridgehead atoms. The van der Waals surface area contributed by atoms with Crippen LogP contribution in [0.25, 0.3) is 11.3 Å². The topological polar surface area (TPSA) is 46.9 Å². The van der Waals surface area contributed by atoms with Crippen molar-refractivity contribution in [1.29, 1.82) is 0 Å². The lowest BCUT2D eigenvalue weighted by Gasteiger charge is -2.06. The zero-order chi connectivity index (χ0) is 17.8. The molecule has 0 aliphatic carbocycles. The monoisotopic (exact) mass is 363 g/mol. The molecule has 0 saturated heterocycles. The molecule has 1 aromatic heterocycles. The third kappa shape index (κ3) is 3.99. The number of aromatic nitrogens is 2. The number of rotatable bonds is 6. The van der Waals surface area contributed by atoms with Gasteiger partial charge in [0.1, 0.15) is 0 Å². The molecule has 5 heteroatoms. The number of benzene rings is 2. The molecular formula is C21H21N3OS. The summed E-state index contributed by atoms with van der Waals surface area (Å²) in [5.41, 5.74) is 4.18. The number of hydrogen-bond donors (Lipinski definition) is 1. The van der Waals surface area contributed by atoms with Gasteiger partial charge < -0.3 is 9.88 Å². The first kappa shape index (κ1) is 16.9. The molecule has 1 amide bonds. The zero-order valence-electron chi connectivity index (χ0n) is 14.5. The quantitative estimate of drug-likeness (QED) is 0.695. The van der Waals surface area contributed by atoms with E-state index < -0.39 is 0 Å². The molecule has 1 aliphatic heterocycles. The fourth-order valence-electron chi connectivity index (χ4n) is 3.09. The number of amides is 1.